The number of halogens is 1. The molecule has 0 radical (unpaired) electrons. The third kappa shape index (κ3) is 4.10. The van der Waals surface area contributed by atoms with Crippen LogP contribution in [0.3, 0.4) is 0 Å². The normalized spacial score (nSPS) is 30.9. The second kappa shape index (κ2) is 8.62. The lowest BCUT2D eigenvalue weighted by Crippen LogP contribution is -2.66. The van der Waals surface area contributed by atoms with Gasteiger partial charge in [-0.05, 0) is 75.9 Å². The van der Waals surface area contributed by atoms with Crippen molar-refractivity contribution < 1.29 is 13.6 Å². The van der Waals surface area contributed by atoms with Crippen LogP contribution in [0, 0.1) is 0 Å². The Morgan fingerprint density at radius 2 is 2.00 bits per heavy atom. The topological polar surface area (TPSA) is 100.0 Å². The number of hydrogen-bond acceptors (Lipinski definition) is 9. The Kier molecular flexibility index (Phi) is 4.85. The minimum Gasteiger partial charge on any atom is -0.507 e. The van der Waals surface area contributed by atoms with Gasteiger partial charge in [0.25, 0.3) is 0 Å². The third-order valence-electron chi connectivity index (χ3n) is 7.81. The number of aromatic hydroxyl groups is 1. The van der Waals surface area contributed by atoms with E-state index in [9.17, 15) is 5.11 Å². The van der Waals surface area contributed by atoms with Gasteiger partial charge in [-0.25, -0.2) is 9.37 Å². The molecular formula is C26H30FN7OS. The number of rotatable bonds is 6. The number of piperidine rings is 1. The molecule has 8 nitrogen and oxygen atoms in total. The van der Waals surface area contributed by atoms with Gasteiger partial charge in [-0.1, -0.05) is 6.07 Å². The molecule has 188 valence electrons. The van der Waals surface area contributed by atoms with E-state index in [1.54, 1.807) is 30.5 Å². The zero-order valence-corrected chi connectivity index (χ0v) is 21.0. The van der Waals surface area contributed by atoms with Gasteiger partial charge in [0, 0.05) is 26.8 Å². The summed E-state index contributed by atoms with van der Waals surface area (Å²) in [7, 11) is 0. The molecule has 2 N–H and O–H groups in total. The van der Waals surface area contributed by atoms with Crippen LogP contribution in [-0.2, 0) is 0 Å². The van der Waals surface area contributed by atoms with E-state index in [4.69, 9.17) is 4.11 Å². The highest BCUT2D eigenvalue weighted by Gasteiger charge is 2.58. The van der Waals surface area contributed by atoms with Crippen LogP contribution in [0.2, 0.25) is 0 Å². The number of anilines is 1. The minimum atomic E-state index is -2.24. The van der Waals surface area contributed by atoms with E-state index in [0.717, 1.165) is 25.7 Å². The molecule has 2 saturated heterocycles. The fourth-order valence-corrected chi connectivity index (χ4v) is 6.16. The van der Waals surface area contributed by atoms with Gasteiger partial charge >= 0.3 is 0 Å². The maximum atomic E-state index is 15.9. The molecule has 3 aromatic rings. The van der Waals surface area contributed by atoms with Gasteiger partial charge in [0.05, 0.1) is 24.0 Å². The van der Waals surface area contributed by atoms with Gasteiger partial charge in [-0.2, -0.15) is 5.10 Å². The van der Waals surface area contributed by atoms with Crippen LogP contribution in [0.25, 0.3) is 22.5 Å². The lowest BCUT2D eigenvalue weighted by atomic mass is 9.82. The molecule has 10 heteroatoms. The summed E-state index contributed by atoms with van der Waals surface area (Å²) in [6.07, 6.45) is 4.30. The summed E-state index contributed by atoms with van der Waals surface area (Å²) in [4.78, 5) is 6.59. The molecule has 1 saturated carbocycles. The molecule has 1 aliphatic carbocycles. The number of thioether (sulfide) groups is 1. The summed E-state index contributed by atoms with van der Waals surface area (Å²) >= 11 is 0.642. The maximum Gasteiger partial charge on any atom is 0.185 e. The smallest absolute Gasteiger partial charge is 0.185 e. The number of aromatic nitrogens is 5. The summed E-state index contributed by atoms with van der Waals surface area (Å²) in [5, 5.41) is 31.1. The van der Waals surface area contributed by atoms with Gasteiger partial charge in [-0.3, -0.25) is 0 Å². The van der Waals surface area contributed by atoms with Crippen molar-refractivity contribution in [3.63, 3.8) is 0 Å². The second-order valence-electron chi connectivity index (χ2n) is 10.7. The molecule has 1 aromatic carbocycles. The zero-order chi connectivity index (χ0) is 27.6. The highest BCUT2D eigenvalue weighted by molar-refractivity contribution is 7.98. The van der Waals surface area contributed by atoms with E-state index < -0.39 is 17.9 Å². The number of nitrogens with one attached hydrogen (secondary N) is 1. The Labute approximate surface area is 218 Å². The van der Waals surface area contributed by atoms with E-state index in [1.807, 2.05) is 6.92 Å². The number of alkyl halides is 1. The molecule has 3 aliphatic rings. The first kappa shape index (κ1) is 20.2. The first-order chi connectivity index (χ1) is 18.4. The van der Waals surface area contributed by atoms with Crippen LogP contribution >= 0.6 is 11.8 Å². The Balaban J connectivity index is 1.24. The number of hydrogen-bond donors (Lipinski definition) is 2. The van der Waals surface area contributed by atoms with Crippen molar-refractivity contribution in [3.05, 3.63) is 36.7 Å². The molecule has 0 unspecified atom stereocenters. The van der Waals surface area contributed by atoms with Crippen molar-refractivity contribution in [1.29, 1.82) is 0 Å². The van der Waals surface area contributed by atoms with Gasteiger partial charge < -0.3 is 15.3 Å². The monoisotopic (exact) mass is 510 g/mol. The number of fused-ring (bicyclic) bond motifs is 2. The van der Waals surface area contributed by atoms with Crippen LogP contribution in [0.15, 0.2) is 41.7 Å². The van der Waals surface area contributed by atoms with Crippen LogP contribution < -0.4 is 10.2 Å². The molecular weight excluding hydrogens is 477 g/mol. The first-order valence-electron chi connectivity index (χ1n) is 13.7. The number of nitrogens with zero attached hydrogens (tertiary/aromatic N) is 6. The molecule has 0 spiro atoms. The molecule has 6 rings (SSSR count). The Morgan fingerprint density at radius 1 is 1.14 bits per heavy atom. The molecule has 0 amide bonds. The Bertz CT molecular complexity index is 1390. The SMILES string of the molecule is [2H]C([2H])([2H])Sc1cc(-c2ccc(-c3ncc(N(C4CC4)[C@@H]4C[C@@]5(C)CC[C@](C)(N5)[C@@H]4F)nn3)c(O)c2)cnn1. The van der Waals surface area contributed by atoms with Crippen LogP contribution in [0.4, 0.5) is 10.2 Å². The average Bonchev–Trinajstić information content (AvgIpc) is 3.67. The maximum absolute atomic E-state index is 15.9. The van der Waals surface area contributed by atoms with Gasteiger partial charge in [-0.15, -0.1) is 27.1 Å². The molecule has 4 heterocycles. The van der Waals surface area contributed by atoms with Crippen LogP contribution in [0.1, 0.15) is 50.1 Å². The summed E-state index contributed by atoms with van der Waals surface area (Å²) < 4.78 is 38.1. The Hall–Kier alpha value is -2.85. The van der Waals surface area contributed by atoms with Crippen molar-refractivity contribution in [2.24, 2.45) is 0 Å². The standard InChI is InChI=1S/C26H30FN7OS/c1-25-8-9-26(2,33-25)23(27)19(12-25)34(17-5-6-17)21-14-28-24(32-30-21)18-7-4-15(10-20(18)35)16-11-22(36-3)31-29-13-16/h4,7,10-11,13-14,17,19,23,33,35H,5-6,8-9,12H2,1-3H3/t19-,23-,25-,26+/m1/s1/i3D3. The van der Waals surface area contributed by atoms with Gasteiger partial charge in [0.1, 0.15) is 16.9 Å². The van der Waals surface area contributed by atoms with Gasteiger partial charge in [0.2, 0.25) is 0 Å². The number of phenols is 1. The molecule has 3 fully saturated rings. The predicted octanol–water partition coefficient (Wildman–Crippen LogP) is 4.40. The third-order valence-corrected chi connectivity index (χ3v) is 8.22. The summed E-state index contributed by atoms with van der Waals surface area (Å²) in [6.45, 7) is 4.16. The molecule has 2 aliphatic heterocycles. The summed E-state index contributed by atoms with van der Waals surface area (Å²) in [5.41, 5.74) is 1.01. The zero-order valence-electron chi connectivity index (χ0n) is 23.1. The fraction of sp³-hybridized carbons (Fsp3) is 0.500. The fourth-order valence-electron chi connectivity index (χ4n) is 5.89. The van der Waals surface area contributed by atoms with Crippen molar-refractivity contribution in [2.45, 2.75) is 80.3 Å². The summed E-state index contributed by atoms with van der Waals surface area (Å²) in [5.74, 6) is 0.759. The molecule has 36 heavy (non-hydrogen) atoms. The predicted molar refractivity (Wildman–Crippen MR) is 138 cm³/mol. The van der Waals surface area contributed by atoms with Crippen molar-refractivity contribution in [3.8, 4) is 28.3 Å². The first-order valence-corrected chi connectivity index (χ1v) is 13.0. The van der Waals surface area contributed by atoms with E-state index in [0.29, 0.717) is 40.7 Å². The van der Waals surface area contributed by atoms with E-state index >= 15 is 4.39 Å². The Morgan fingerprint density at radius 3 is 2.72 bits per heavy atom. The highest BCUT2D eigenvalue weighted by atomic mass is 32.2. The van der Waals surface area contributed by atoms with Gasteiger partial charge in [0.15, 0.2) is 11.6 Å². The van der Waals surface area contributed by atoms with E-state index in [1.165, 1.54) is 6.20 Å². The summed E-state index contributed by atoms with van der Waals surface area (Å²) in [6, 6.07) is 6.54. The second-order valence-corrected chi connectivity index (χ2v) is 11.3. The van der Waals surface area contributed by atoms with Crippen molar-refractivity contribution >= 4 is 17.6 Å². The molecule has 2 aromatic heterocycles. The molecule has 2 bridgehead atoms. The lowest BCUT2D eigenvalue weighted by molar-refractivity contribution is 0.0831. The van der Waals surface area contributed by atoms with Crippen molar-refractivity contribution in [1.82, 2.24) is 30.7 Å². The van der Waals surface area contributed by atoms with E-state index in [-0.39, 0.29) is 34.2 Å². The largest absolute Gasteiger partial charge is 0.507 e. The quantitative estimate of drug-likeness (QED) is 0.467. The van der Waals surface area contributed by atoms with E-state index in [2.05, 4.69) is 42.5 Å². The highest BCUT2D eigenvalue weighted by Crippen LogP contribution is 2.47. The molecule has 4 atom stereocenters. The van der Waals surface area contributed by atoms with Crippen LogP contribution in [-0.4, -0.2) is 66.0 Å². The number of phenolic OH excluding ortho intramolecular Hbond substituents is 1. The van der Waals surface area contributed by atoms with Crippen LogP contribution in [0.5, 0.6) is 5.75 Å². The average molecular weight is 511 g/mol. The number of benzene rings is 1. The minimum absolute atomic E-state index is 0.0532. The lowest BCUT2D eigenvalue weighted by Gasteiger charge is -2.48. The van der Waals surface area contributed by atoms with Crippen molar-refractivity contribution in [2.75, 3.05) is 11.1 Å².